The minimum Gasteiger partial charge on any atom is -0.260 e. The van der Waals surface area contributed by atoms with Gasteiger partial charge in [0, 0.05) is 33.3 Å². The van der Waals surface area contributed by atoms with Crippen LogP contribution < -0.4 is 4.72 Å². The van der Waals surface area contributed by atoms with Crippen LogP contribution in [0.3, 0.4) is 0 Å². The molecule has 0 saturated carbocycles. The number of aryl methyl sites for hydroxylation is 1. The molecule has 0 saturated heterocycles. The lowest BCUT2D eigenvalue weighted by molar-refractivity contribution is 0.583. The Morgan fingerprint density at radius 1 is 1.39 bits per heavy atom. The maximum atomic E-state index is 12.0. The topological polar surface area (TPSA) is 63.2 Å². The molecule has 18 heavy (non-hydrogen) atoms. The molecule has 1 aromatic rings. The lowest BCUT2D eigenvalue weighted by atomic mass is 10.2. The zero-order chi connectivity index (χ0) is 13.8. The zero-order valence-corrected chi connectivity index (χ0v) is 13.5. The second-order valence-electron chi connectivity index (χ2n) is 3.74. The fourth-order valence-corrected chi connectivity index (χ4v) is 3.94. The van der Waals surface area contributed by atoms with Crippen LogP contribution in [0.4, 0.5) is 0 Å². The van der Waals surface area contributed by atoms with Gasteiger partial charge in [-0.1, -0.05) is 28.9 Å². The van der Waals surface area contributed by atoms with E-state index in [1.54, 1.807) is 25.1 Å². The number of sulfonamides is 1. The Bertz CT molecular complexity index is 543. The van der Waals surface area contributed by atoms with Crippen molar-refractivity contribution < 1.29 is 12.6 Å². The van der Waals surface area contributed by atoms with Gasteiger partial charge in [0.15, 0.2) is 0 Å². The summed E-state index contributed by atoms with van der Waals surface area (Å²) in [6.45, 7) is 3.74. The zero-order valence-electron chi connectivity index (χ0n) is 10.3. The summed E-state index contributed by atoms with van der Waals surface area (Å²) in [5.74, 6) is 0.875. The second kappa shape index (κ2) is 6.79. The van der Waals surface area contributed by atoms with E-state index in [1.807, 2.05) is 6.92 Å². The van der Waals surface area contributed by atoms with Gasteiger partial charge in [0.2, 0.25) is 10.0 Å². The summed E-state index contributed by atoms with van der Waals surface area (Å²) >= 11 is 3.25. The van der Waals surface area contributed by atoms with Crippen LogP contribution in [0.25, 0.3) is 0 Å². The van der Waals surface area contributed by atoms with Crippen molar-refractivity contribution in [2.24, 2.45) is 0 Å². The lowest BCUT2D eigenvalue weighted by Crippen LogP contribution is -2.28. The molecule has 1 atom stereocenters. The second-order valence-corrected chi connectivity index (χ2v) is 8.26. The molecule has 1 N–H and O–H groups in total. The molecule has 0 heterocycles. The van der Waals surface area contributed by atoms with Crippen LogP contribution in [-0.2, 0) is 20.8 Å². The van der Waals surface area contributed by atoms with Crippen molar-refractivity contribution >= 4 is 36.8 Å². The van der Waals surface area contributed by atoms with Crippen LogP contribution in [0.15, 0.2) is 27.6 Å². The Morgan fingerprint density at radius 3 is 2.67 bits per heavy atom. The van der Waals surface area contributed by atoms with E-state index >= 15 is 0 Å². The SMILES string of the molecule is CCS(=O)CCNS(=O)(=O)c1cc(Br)ccc1C. The van der Waals surface area contributed by atoms with Crippen LogP contribution in [0.2, 0.25) is 0 Å². The van der Waals surface area contributed by atoms with Crippen molar-refractivity contribution in [1.82, 2.24) is 4.72 Å². The van der Waals surface area contributed by atoms with E-state index in [1.165, 1.54) is 0 Å². The van der Waals surface area contributed by atoms with E-state index in [9.17, 15) is 12.6 Å². The van der Waals surface area contributed by atoms with Gasteiger partial charge in [-0.3, -0.25) is 4.21 Å². The van der Waals surface area contributed by atoms with E-state index in [-0.39, 0.29) is 11.4 Å². The van der Waals surface area contributed by atoms with E-state index in [4.69, 9.17) is 0 Å². The van der Waals surface area contributed by atoms with Crippen LogP contribution in [0.1, 0.15) is 12.5 Å². The van der Waals surface area contributed by atoms with E-state index in [0.29, 0.717) is 21.5 Å². The maximum Gasteiger partial charge on any atom is 0.240 e. The fraction of sp³-hybridized carbons (Fsp3) is 0.455. The molecule has 0 aromatic heterocycles. The van der Waals surface area contributed by atoms with Gasteiger partial charge in [-0.2, -0.15) is 0 Å². The summed E-state index contributed by atoms with van der Waals surface area (Å²) < 4.78 is 38.5. The van der Waals surface area contributed by atoms with Gasteiger partial charge >= 0.3 is 0 Å². The van der Waals surface area contributed by atoms with Crippen molar-refractivity contribution in [2.75, 3.05) is 18.1 Å². The molecule has 0 aliphatic rings. The Hall–Kier alpha value is -0.240. The van der Waals surface area contributed by atoms with Crippen molar-refractivity contribution in [3.63, 3.8) is 0 Å². The molecule has 1 unspecified atom stereocenters. The molecule has 7 heteroatoms. The first-order chi connectivity index (χ1) is 8.36. The molecule has 1 aromatic carbocycles. The van der Waals surface area contributed by atoms with E-state index in [2.05, 4.69) is 20.7 Å². The van der Waals surface area contributed by atoms with Crippen LogP contribution in [-0.4, -0.2) is 30.7 Å². The molecule has 4 nitrogen and oxygen atoms in total. The number of benzene rings is 1. The normalized spacial score (nSPS) is 13.5. The third kappa shape index (κ3) is 4.46. The van der Waals surface area contributed by atoms with Gasteiger partial charge in [-0.05, 0) is 24.6 Å². The number of hydrogen-bond acceptors (Lipinski definition) is 3. The van der Waals surface area contributed by atoms with Crippen molar-refractivity contribution in [3.05, 3.63) is 28.2 Å². The van der Waals surface area contributed by atoms with Gasteiger partial charge in [0.1, 0.15) is 0 Å². The molecule has 0 radical (unpaired) electrons. The minimum atomic E-state index is -3.53. The predicted molar refractivity (Wildman–Crippen MR) is 77.6 cm³/mol. The monoisotopic (exact) mass is 353 g/mol. The first kappa shape index (κ1) is 15.8. The van der Waals surface area contributed by atoms with Crippen molar-refractivity contribution in [3.8, 4) is 0 Å². The maximum absolute atomic E-state index is 12.0. The average Bonchev–Trinajstić information content (AvgIpc) is 2.31. The van der Waals surface area contributed by atoms with Gasteiger partial charge in [-0.25, -0.2) is 13.1 Å². The van der Waals surface area contributed by atoms with Crippen molar-refractivity contribution in [1.29, 1.82) is 0 Å². The Balaban J connectivity index is 2.80. The summed E-state index contributed by atoms with van der Waals surface area (Å²) in [4.78, 5) is 0.249. The average molecular weight is 354 g/mol. The van der Waals surface area contributed by atoms with E-state index < -0.39 is 20.8 Å². The van der Waals surface area contributed by atoms with Crippen LogP contribution in [0, 0.1) is 6.92 Å². The largest absolute Gasteiger partial charge is 0.260 e. The smallest absolute Gasteiger partial charge is 0.240 e. The Labute approximate surface area is 119 Å². The van der Waals surface area contributed by atoms with Gasteiger partial charge < -0.3 is 0 Å². The number of hydrogen-bond donors (Lipinski definition) is 1. The first-order valence-electron chi connectivity index (χ1n) is 5.47. The number of nitrogens with one attached hydrogen (secondary N) is 1. The van der Waals surface area contributed by atoms with Gasteiger partial charge in [-0.15, -0.1) is 0 Å². The van der Waals surface area contributed by atoms with Gasteiger partial charge in [0.25, 0.3) is 0 Å². The predicted octanol–water partition coefficient (Wildman–Crippen LogP) is 1.80. The molecule has 0 amide bonds. The summed E-state index contributed by atoms with van der Waals surface area (Å²) in [5.41, 5.74) is 0.683. The summed E-state index contributed by atoms with van der Waals surface area (Å²) in [6, 6.07) is 5.10. The van der Waals surface area contributed by atoms with Crippen molar-refractivity contribution in [2.45, 2.75) is 18.7 Å². The highest BCUT2D eigenvalue weighted by atomic mass is 79.9. The molecule has 0 aliphatic carbocycles. The lowest BCUT2D eigenvalue weighted by Gasteiger charge is -2.09. The molecule has 1 rings (SSSR count). The standard InChI is InChI=1S/C11H16BrNO3S2/c1-3-17(14)7-6-13-18(15,16)11-8-10(12)5-4-9(11)2/h4-5,8,13H,3,6-7H2,1-2H3. The fourth-order valence-electron chi connectivity index (χ4n) is 1.38. The third-order valence-electron chi connectivity index (χ3n) is 2.38. The van der Waals surface area contributed by atoms with E-state index in [0.717, 1.165) is 0 Å². The van der Waals surface area contributed by atoms with Crippen LogP contribution >= 0.6 is 15.9 Å². The third-order valence-corrected chi connectivity index (χ3v) is 5.78. The molecular weight excluding hydrogens is 338 g/mol. The Morgan fingerprint density at radius 2 is 2.06 bits per heavy atom. The quantitative estimate of drug-likeness (QED) is 0.847. The summed E-state index contributed by atoms with van der Waals surface area (Å²) in [7, 11) is -4.50. The molecular formula is C11H16BrNO3S2. The molecule has 0 spiro atoms. The first-order valence-corrected chi connectivity index (χ1v) is 9.24. The minimum absolute atomic E-state index is 0.189. The molecule has 0 aliphatic heterocycles. The molecule has 0 fully saturated rings. The number of halogens is 1. The molecule has 0 bridgehead atoms. The Kier molecular flexibility index (Phi) is 5.97. The highest BCUT2D eigenvalue weighted by Crippen LogP contribution is 2.20. The van der Waals surface area contributed by atoms with Crippen LogP contribution in [0.5, 0.6) is 0 Å². The van der Waals surface area contributed by atoms with Gasteiger partial charge in [0.05, 0.1) is 4.90 Å². The highest BCUT2D eigenvalue weighted by molar-refractivity contribution is 9.10. The summed E-state index contributed by atoms with van der Waals surface area (Å²) in [6.07, 6.45) is 0. The highest BCUT2D eigenvalue weighted by Gasteiger charge is 2.16. The molecule has 102 valence electrons. The summed E-state index contributed by atoms with van der Waals surface area (Å²) in [5, 5.41) is 0. The number of rotatable bonds is 6.